The van der Waals surface area contributed by atoms with Gasteiger partial charge in [-0.05, 0) is 42.5 Å². The fourth-order valence-corrected chi connectivity index (χ4v) is 1.44. The van der Waals surface area contributed by atoms with Crippen LogP contribution in [0.2, 0.25) is 0 Å². The van der Waals surface area contributed by atoms with Gasteiger partial charge in [0.15, 0.2) is 0 Å². The first-order valence-electron chi connectivity index (χ1n) is 5.84. The molecule has 1 aromatic rings. The maximum Gasteiger partial charge on any atom is 0.251 e. The van der Waals surface area contributed by atoms with Gasteiger partial charge in [-0.2, -0.15) is 0 Å². The minimum atomic E-state index is -0.281. The Balaban J connectivity index is 2.56. The third-order valence-corrected chi connectivity index (χ3v) is 2.58. The number of benzene rings is 1. The molecule has 1 aromatic carbocycles. The molecule has 0 atom stereocenters. The largest absolute Gasteiger partial charge is 0.352 e. The van der Waals surface area contributed by atoms with Gasteiger partial charge in [-0.15, -0.1) is 0 Å². The standard InChI is InChI=1S/C14H20FNO/c1-10-9-11(5-6-12(10)15)13(17)16-8-7-14(2,3)4/h5-6,9H,7-8H2,1-4H3,(H,16,17). The Hall–Kier alpha value is -1.38. The van der Waals surface area contributed by atoms with Gasteiger partial charge in [-0.25, -0.2) is 4.39 Å². The van der Waals surface area contributed by atoms with Crippen molar-refractivity contribution >= 4 is 5.91 Å². The molecule has 2 nitrogen and oxygen atoms in total. The highest BCUT2D eigenvalue weighted by molar-refractivity contribution is 5.94. The molecule has 17 heavy (non-hydrogen) atoms. The highest BCUT2D eigenvalue weighted by Gasteiger charge is 2.11. The number of aryl methyl sites for hydroxylation is 1. The number of rotatable bonds is 3. The van der Waals surface area contributed by atoms with Crippen molar-refractivity contribution in [1.82, 2.24) is 5.32 Å². The molecular formula is C14H20FNO. The average Bonchev–Trinajstić information content (AvgIpc) is 2.20. The van der Waals surface area contributed by atoms with Gasteiger partial charge in [0.05, 0.1) is 0 Å². The van der Waals surface area contributed by atoms with Crippen LogP contribution in [0.5, 0.6) is 0 Å². The van der Waals surface area contributed by atoms with Crippen LogP contribution in [-0.2, 0) is 0 Å². The molecule has 1 N–H and O–H groups in total. The summed E-state index contributed by atoms with van der Waals surface area (Å²) in [6, 6.07) is 4.41. The highest BCUT2D eigenvalue weighted by atomic mass is 19.1. The minimum Gasteiger partial charge on any atom is -0.352 e. The molecule has 1 rings (SSSR count). The zero-order chi connectivity index (χ0) is 13.1. The molecule has 0 saturated heterocycles. The Kier molecular flexibility index (Phi) is 4.27. The van der Waals surface area contributed by atoms with Crippen LogP contribution in [0.15, 0.2) is 18.2 Å². The first kappa shape index (κ1) is 13.7. The minimum absolute atomic E-state index is 0.141. The smallest absolute Gasteiger partial charge is 0.251 e. The Labute approximate surface area is 102 Å². The quantitative estimate of drug-likeness (QED) is 0.858. The van der Waals surface area contributed by atoms with Crippen molar-refractivity contribution in [1.29, 1.82) is 0 Å². The van der Waals surface area contributed by atoms with Crippen LogP contribution < -0.4 is 5.32 Å². The number of hydrogen-bond acceptors (Lipinski definition) is 1. The summed E-state index contributed by atoms with van der Waals surface area (Å²) in [5, 5.41) is 2.84. The van der Waals surface area contributed by atoms with Crippen molar-refractivity contribution in [2.24, 2.45) is 5.41 Å². The van der Waals surface area contributed by atoms with Crippen molar-refractivity contribution in [3.05, 3.63) is 35.1 Å². The van der Waals surface area contributed by atoms with Crippen molar-refractivity contribution in [3.63, 3.8) is 0 Å². The number of carbonyl (C=O) groups is 1. The molecule has 1 amide bonds. The summed E-state index contributed by atoms with van der Waals surface area (Å²) in [7, 11) is 0. The second-order valence-electron chi connectivity index (χ2n) is 5.53. The zero-order valence-electron chi connectivity index (χ0n) is 10.9. The fourth-order valence-electron chi connectivity index (χ4n) is 1.44. The molecular weight excluding hydrogens is 217 g/mol. The van der Waals surface area contributed by atoms with Crippen molar-refractivity contribution < 1.29 is 9.18 Å². The molecule has 3 heteroatoms. The summed E-state index contributed by atoms with van der Waals surface area (Å²) in [6.07, 6.45) is 0.916. The summed E-state index contributed by atoms with van der Waals surface area (Å²) in [5.41, 5.74) is 1.21. The second-order valence-corrected chi connectivity index (χ2v) is 5.53. The molecule has 0 aromatic heterocycles. The normalized spacial score (nSPS) is 11.4. The lowest BCUT2D eigenvalue weighted by Crippen LogP contribution is -2.27. The van der Waals surface area contributed by atoms with Gasteiger partial charge in [0, 0.05) is 12.1 Å². The van der Waals surface area contributed by atoms with E-state index in [1.54, 1.807) is 13.0 Å². The van der Waals surface area contributed by atoms with Crippen LogP contribution in [0.3, 0.4) is 0 Å². The number of nitrogens with one attached hydrogen (secondary N) is 1. The number of halogens is 1. The average molecular weight is 237 g/mol. The van der Waals surface area contributed by atoms with E-state index < -0.39 is 0 Å². The molecule has 0 unspecified atom stereocenters. The monoisotopic (exact) mass is 237 g/mol. The predicted molar refractivity (Wildman–Crippen MR) is 67.5 cm³/mol. The first-order valence-corrected chi connectivity index (χ1v) is 5.84. The Morgan fingerprint density at radius 2 is 2.00 bits per heavy atom. The van der Waals surface area contributed by atoms with Crippen molar-refractivity contribution in [2.45, 2.75) is 34.1 Å². The van der Waals surface area contributed by atoms with E-state index in [9.17, 15) is 9.18 Å². The summed E-state index contributed by atoms with van der Waals surface area (Å²) < 4.78 is 13.0. The van der Waals surface area contributed by atoms with E-state index in [1.165, 1.54) is 12.1 Å². The molecule has 0 spiro atoms. The van der Waals surface area contributed by atoms with Crippen molar-refractivity contribution in [3.8, 4) is 0 Å². The van der Waals surface area contributed by atoms with Gasteiger partial charge in [-0.3, -0.25) is 4.79 Å². The molecule has 0 heterocycles. The topological polar surface area (TPSA) is 29.1 Å². The first-order chi connectivity index (χ1) is 7.79. The van der Waals surface area contributed by atoms with Crippen LogP contribution >= 0.6 is 0 Å². The number of hydrogen-bond donors (Lipinski definition) is 1. The summed E-state index contributed by atoms with van der Waals surface area (Å²) in [6.45, 7) is 8.67. The lowest BCUT2D eigenvalue weighted by atomic mass is 9.92. The SMILES string of the molecule is Cc1cc(C(=O)NCCC(C)(C)C)ccc1F. The molecule has 0 saturated carbocycles. The van der Waals surface area contributed by atoms with Crippen LogP contribution in [-0.4, -0.2) is 12.5 Å². The van der Waals surface area contributed by atoms with Gasteiger partial charge in [-0.1, -0.05) is 20.8 Å². The predicted octanol–water partition coefficient (Wildman–Crippen LogP) is 3.30. The van der Waals surface area contributed by atoms with E-state index in [1.807, 2.05) is 0 Å². The fraction of sp³-hybridized carbons (Fsp3) is 0.500. The molecule has 0 aliphatic rings. The van der Waals surface area contributed by atoms with Gasteiger partial charge >= 0.3 is 0 Å². The lowest BCUT2D eigenvalue weighted by Gasteiger charge is -2.18. The summed E-state index contributed by atoms with van der Waals surface area (Å²) in [4.78, 5) is 11.8. The molecule has 0 radical (unpaired) electrons. The summed E-state index contributed by atoms with van der Waals surface area (Å²) >= 11 is 0. The molecule has 94 valence electrons. The van der Waals surface area contributed by atoms with Crippen LogP contribution in [0.1, 0.15) is 43.1 Å². The number of carbonyl (C=O) groups excluding carboxylic acids is 1. The van der Waals surface area contributed by atoms with E-state index in [2.05, 4.69) is 26.1 Å². The Morgan fingerprint density at radius 3 is 2.53 bits per heavy atom. The lowest BCUT2D eigenvalue weighted by molar-refractivity contribution is 0.0949. The van der Waals surface area contributed by atoms with Gasteiger partial charge in [0.2, 0.25) is 0 Å². The Morgan fingerprint density at radius 1 is 1.35 bits per heavy atom. The highest BCUT2D eigenvalue weighted by Crippen LogP contribution is 2.17. The number of amides is 1. The van der Waals surface area contributed by atoms with E-state index >= 15 is 0 Å². The van der Waals surface area contributed by atoms with Crippen LogP contribution in [0.4, 0.5) is 4.39 Å². The Bertz CT molecular complexity index is 407. The van der Waals surface area contributed by atoms with Crippen LogP contribution in [0, 0.1) is 18.2 Å². The van der Waals surface area contributed by atoms with Gasteiger partial charge < -0.3 is 5.32 Å². The van der Waals surface area contributed by atoms with E-state index in [-0.39, 0.29) is 17.1 Å². The van der Waals surface area contributed by atoms with Gasteiger partial charge in [0.25, 0.3) is 5.91 Å². The maximum absolute atomic E-state index is 13.0. The van der Waals surface area contributed by atoms with E-state index in [4.69, 9.17) is 0 Å². The van der Waals surface area contributed by atoms with Gasteiger partial charge in [0.1, 0.15) is 5.82 Å². The van der Waals surface area contributed by atoms with Crippen LogP contribution in [0.25, 0.3) is 0 Å². The van der Waals surface area contributed by atoms with E-state index in [0.717, 1.165) is 6.42 Å². The second kappa shape index (κ2) is 5.30. The zero-order valence-corrected chi connectivity index (χ0v) is 10.9. The molecule has 0 bridgehead atoms. The molecule has 0 aliphatic heterocycles. The summed E-state index contributed by atoms with van der Waals surface area (Å²) in [5.74, 6) is -0.423. The maximum atomic E-state index is 13.0. The van der Waals surface area contributed by atoms with E-state index in [0.29, 0.717) is 17.7 Å². The third-order valence-electron chi connectivity index (χ3n) is 2.58. The van der Waals surface area contributed by atoms with Crippen molar-refractivity contribution in [2.75, 3.05) is 6.54 Å². The molecule has 0 aliphatic carbocycles. The molecule has 0 fully saturated rings. The third kappa shape index (κ3) is 4.55.